The molecule has 6 heterocycles. The van der Waals surface area contributed by atoms with Crippen LogP contribution in [0.4, 0.5) is 0 Å². The number of thiophene rings is 4. The Kier molecular flexibility index (Phi) is 3.90. The Morgan fingerprint density at radius 1 is 0.471 bits per heavy atom. The quantitative estimate of drug-likeness (QED) is 0.230. The van der Waals surface area contributed by atoms with E-state index in [0.29, 0.717) is 0 Å². The SMILES string of the molecule is Cc1ccc(-c2cc3ccc4c5oc6c(ccc7cc(-c8ccc(C)s8)sc76)c5oc4c3s2)s1. The van der Waals surface area contributed by atoms with Crippen molar-refractivity contribution < 1.29 is 8.83 Å². The number of hydrogen-bond donors (Lipinski definition) is 0. The highest BCUT2D eigenvalue weighted by Crippen LogP contribution is 2.47. The maximum absolute atomic E-state index is 6.54. The summed E-state index contributed by atoms with van der Waals surface area (Å²) in [6.07, 6.45) is 0. The minimum atomic E-state index is 0.850. The standard InChI is InChI=1S/C28H16O2S4/c1-13-3-9-19(31-13)21-11-15-5-7-17-23-24(29-25(17)27(15)33-21)18-8-6-16-12-22(20-10-4-14(2)32-20)34-28(16)26(18)30-23/h3-12H,1-2H3. The molecule has 8 aromatic rings. The minimum absolute atomic E-state index is 0.850. The summed E-state index contributed by atoms with van der Waals surface area (Å²) in [7, 11) is 0. The number of fused-ring (bicyclic) bond motifs is 9. The van der Waals surface area contributed by atoms with Crippen LogP contribution in [0.1, 0.15) is 9.75 Å². The van der Waals surface area contributed by atoms with Crippen molar-refractivity contribution in [1.29, 1.82) is 0 Å². The fraction of sp³-hybridized carbons (Fsp3) is 0.0714. The fourth-order valence-corrected chi connectivity index (χ4v) is 8.93. The molecule has 6 aromatic heterocycles. The van der Waals surface area contributed by atoms with Crippen LogP contribution >= 0.6 is 45.3 Å². The van der Waals surface area contributed by atoms with Gasteiger partial charge in [-0.15, -0.1) is 45.3 Å². The molecule has 8 rings (SSSR count). The van der Waals surface area contributed by atoms with Crippen molar-refractivity contribution in [3.63, 3.8) is 0 Å². The summed E-state index contributed by atoms with van der Waals surface area (Å²) < 4.78 is 15.5. The molecule has 0 amide bonds. The molecule has 0 bridgehead atoms. The van der Waals surface area contributed by atoms with E-state index >= 15 is 0 Å². The van der Waals surface area contributed by atoms with Crippen molar-refractivity contribution in [3.05, 3.63) is 70.4 Å². The van der Waals surface area contributed by atoms with E-state index in [9.17, 15) is 0 Å². The number of benzene rings is 2. The van der Waals surface area contributed by atoms with Crippen LogP contribution in [0.15, 0.2) is 69.5 Å². The second-order valence-electron chi connectivity index (χ2n) is 8.63. The second kappa shape index (κ2) is 6.83. The molecule has 0 saturated carbocycles. The Labute approximate surface area is 210 Å². The van der Waals surface area contributed by atoms with Crippen molar-refractivity contribution in [1.82, 2.24) is 0 Å². The third kappa shape index (κ3) is 2.65. The van der Waals surface area contributed by atoms with Crippen LogP contribution in [0.2, 0.25) is 0 Å². The lowest BCUT2D eigenvalue weighted by Crippen LogP contribution is -1.67. The van der Waals surface area contributed by atoms with E-state index in [4.69, 9.17) is 8.83 Å². The molecule has 0 spiro atoms. The Bertz CT molecular complexity index is 1900. The zero-order valence-corrected chi connectivity index (χ0v) is 21.5. The zero-order chi connectivity index (χ0) is 22.6. The van der Waals surface area contributed by atoms with E-state index in [1.165, 1.54) is 49.4 Å². The van der Waals surface area contributed by atoms with Crippen LogP contribution in [0.3, 0.4) is 0 Å². The number of rotatable bonds is 2. The summed E-state index contributed by atoms with van der Waals surface area (Å²) in [6.45, 7) is 4.31. The molecule has 0 unspecified atom stereocenters. The Morgan fingerprint density at radius 3 is 1.35 bits per heavy atom. The highest BCUT2D eigenvalue weighted by molar-refractivity contribution is 7.27. The molecule has 6 heteroatoms. The van der Waals surface area contributed by atoms with Gasteiger partial charge in [0, 0.05) is 29.3 Å². The molecule has 0 fully saturated rings. The van der Waals surface area contributed by atoms with Gasteiger partial charge in [0.05, 0.1) is 20.2 Å². The first-order valence-corrected chi connectivity index (χ1v) is 14.3. The fourth-order valence-electron chi connectivity index (χ4n) is 4.74. The van der Waals surface area contributed by atoms with Gasteiger partial charge in [-0.05, 0) is 73.2 Å². The molecule has 0 radical (unpaired) electrons. The largest absolute Gasteiger partial charge is 0.450 e. The first kappa shape index (κ1) is 19.4. The lowest BCUT2D eigenvalue weighted by molar-refractivity contribution is 0.656. The highest BCUT2D eigenvalue weighted by Gasteiger charge is 2.21. The predicted molar refractivity (Wildman–Crippen MR) is 150 cm³/mol. The second-order valence-corrected chi connectivity index (χ2v) is 13.3. The van der Waals surface area contributed by atoms with Gasteiger partial charge in [-0.3, -0.25) is 0 Å². The van der Waals surface area contributed by atoms with E-state index in [0.717, 1.165) is 33.1 Å². The van der Waals surface area contributed by atoms with Crippen molar-refractivity contribution in [2.45, 2.75) is 13.8 Å². The van der Waals surface area contributed by atoms with E-state index in [2.05, 4.69) is 74.5 Å². The van der Waals surface area contributed by atoms with Crippen molar-refractivity contribution >= 4 is 98.6 Å². The lowest BCUT2D eigenvalue weighted by atomic mass is 10.2. The summed E-state index contributed by atoms with van der Waals surface area (Å²) in [5.74, 6) is 0. The number of aryl methyl sites for hydroxylation is 2. The summed E-state index contributed by atoms with van der Waals surface area (Å²) in [6, 6.07) is 22.0. The first-order chi connectivity index (χ1) is 16.6. The van der Waals surface area contributed by atoms with Crippen molar-refractivity contribution in [2.24, 2.45) is 0 Å². The van der Waals surface area contributed by atoms with Gasteiger partial charge in [0.25, 0.3) is 0 Å². The molecule has 0 N–H and O–H groups in total. The monoisotopic (exact) mass is 512 g/mol. The van der Waals surface area contributed by atoms with Crippen LogP contribution in [-0.4, -0.2) is 0 Å². The third-order valence-corrected chi connectivity index (χ3v) is 11.0. The van der Waals surface area contributed by atoms with Gasteiger partial charge in [-0.2, -0.15) is 0 Å². The van der Waals surface area contributed by atoms with Gasteiger partial charge >= 0.3 is 0 Å². The average molecular weight is 513 g/mol. The van der Waals surface area contributed by atoms with Crippen LogP contribution in [0, 0.1) is 13.8 Å². The van der Waals surface area contributed by atoms with Crippen molar-refractivity contribution in [2.75, 3.05) is 0 Å². The first-order valence-electron chi connectivity index (χ1n) is 11.0. The summed E-state index contributed by atoms with van der Waals surface area (Å²) in [5.41, 5.74) is 3.56. The normalized spacial score (nSPS) is 12.4. The van der Waals surface area contributed by atoms with Gasteiger partial charge in [0.2, 0.25) is 0 Å². The molecule has 0 aliphatic heterocycles. The summed E-state index contributed by atoms with van der Waals surface area (Å²) in [4.78, 5) is 7.85. The van der Waals surface area contributed by atoms with Crippen LogP contribution in [0.25, 0.3) is 72.8 Å². The van der Waals surface area contributed by atoms with Gasteiger partial charge in [-0.1, -0.05) is 12.1 Å². The minimum Gasteiger partial charge on any atom is -0.450 e. The molecular weight excluding hydrogens is 497 g/mol. The molecule has 2 aromatic carbocycles. The topological polar surface area (TPSA) is 26.3 Å². The third-order valence-electron chi connectivity index (χ3n) is 6.35. The number of hydrogen-bond acceptors (Lipinski definition) is 6. The zero-order valence-electron chi connectivity index (χ0n) is 18.2. The number of furan rings is 2. The van der Waals surface area contributed by atoms with Crippen LogP contribution in [-0.2, 0) is 0 Å². The highest BCUT2D eigenvalue weighted by atomic mass is 32.1. The molecule has 164 valence electrons. The van der Waals surface area contributed by atoms with Gasteiger partial charge in [0.15, 0.2) is 22.3 Å². The predicted octanol–water partition coefficient (Wildman–Crippen LogP) is 10.8. The lowest BCUT2D eigenvalue weighted by Gasteiger charge is -1.93. The smallest absolute Gasteiger partial charge is 0.181 e. The van der Waals surface area contributed by atoms with Gasteiger partial charge in [0.1, 0.15) is 0 Å². The summed E-state index contributed by atoms with van der Waals surface area (Å²) in [5, 5.41) is 4.54. The molecule has 0 aliphatic rings. The average Bonchev–Trinajstić information content (AvgIpc) is 3.62. The Hall–Kier alpha value is -2.90. The summed E-state index contributed by atoms with van der Waals surface area (Å²) >= 11 is 7.27. The molecule has 0 saturated heterocycles. The molecular formula is C28H16O2S4. The van der Waals surface area contributed by atoms with Gasteiger partial charge < -0.3 is 8.83 Å². The van der Waals surface area contributed by atoms with E-state index in [1.807, 2.05) is 22.7 Å². The van der Waals surface area contributed by atoms with E-state index < -0.39 is 0 Å². The molecule has 0 aliphatic carbocycles. The maximum atomic E-state index is 6.54. The molecule has 2 nitrogen and oxygen atoms in total. The Morgan fingerprint density at radius 2 is 0.941 bits per heavy atom. The van der Waals surface area contributed by atoms with Crippen LogP contribution < -0.4 is 0 Å². The van der Waals surface area contributed by atoms with E-state index in [1.54, 1.807) is 22.7 Å². The van der Waals surface area contributed by atoms with Gasteiger partial charge in [-0.25, -0.2) is 0 Å². The van der Waals surface area contributed by atoms with Crippen LogP contribution in [0.5, 0.6) is 0 Å². The van der Waals surface area contributed by atoms with E-state index in [-0.39, 0.29) is 0 Å². The Balaban J connectivity index is 1.37. The maximum Gasteiger partial charge on any atom is 0.181 e. The molecule has 0 atom stereocenters. The molecule has 34 heavy (non-hydrogen) atoms. The van der Waals surface area contributed by atoms with Crippen molar-refractivity contribution in [3.8, 4) is 19.5 Å².